The SMILES string of the molecule is Cc1cc(Oc2ccc3c4cc(C(C)(C)C)ccc4n(-c4cc(C)ccn4)c3c2)cc(-n2nc(C)c(-c3ccccc3)c2C)c1. The number of hydrogen-bond acceptors (Lipinski definition) is 3. The van der Waals surface area contributed by atoms with Gasteiger partial charge < -0.3 is 4.74 Å². The molecule has 0 atom stereocenters. The van der Waals surface area contributed by atoms with Gasteiger partial charge in [-0.1, -0.05) is 57.2 Å². The normalized spacial score (nSPS) is 11.9. The van der Waals surface area contributed by atoms with Gasteiger partial charge in [-0.15, -0.1) is 0 Å². The van der Waals surface area contributed by atoms with E-state index in [-0.39, 0.29) is 5.41 Å². The molecular weight excluding hydrogens is 552 g/mol. The monoisotopic (exact) mass is 590 g/mol. The van der Waals surface area contributed by atoms with Crippen LogP contribution in [0.4, 0.5) is 0 Å². The summed E-state index contributed by atoms with van der Waals surface area (Å²) < 4.78 is 10.9. The molecule has 0 radical (unpaired) electrons. The van der Waals surface area contributed by atoms with Crippen molar-refractivity contribution in [2.24, 2.45) is 0 Å². The molecule has 45 heavy (non-hydrogen) atoms. The maximum atomic E-state index is 6.60. The highest BCUT2D eigenvalue weighted by atomic mass is 16.5. The molecule has 0 unspecified atom stereocenters. The summed E-state index contributed by atoms with van der Waals surface area (Å²) >= 11 is 0. The van der Waals surface area contributed by atoms with Gasteiger partial charge in [0.05, 0.1) is 22.4 Å². The number of aromatic nitrogens is 4. The Morgan fingerprint density at radius 2 is 1.47 bits per heavy atom. The van der Waals surface area contributed by atoms with E-state index in [0.29, 0.717) is 0 Å². The first-order valence-electron chi connectivity index (χ1n) is 15.5. The second-order valence-electron chi connectivity index (χ2n) is 13.1. The maximum Gasteiger partial charge on any atom is 0.137 e. The van der Waals surface area contributed by atoms with Crippen molar-refractivity contribution < 1.29 is 4.74 Å². The van der Waals surface area contributed by atoms with Crippen molar-refractivity contribution in [3.8, 4) is 34.1 Å². The molecule has 5 nitrogen and oxygen atoms in total. The molecule has 4 aromatic carbocycles. The Labute approximate surface area is 264 Å². The third-order valence-electron chi connectivity index (χ3n) is 8.60. The van der Waals surface area contributed by atoms with E-state index in [1.54, 1.807) is 0 Å². The van der Waals surface area contributed by atoms with E-state index < -0.39 is 0 Å². The van der Waals surface area contributed by atoms with E-state index in [4.69, 9.17) is 14.8 Å². The van der Waals surface area contributed by atoms with Crippen LogP contribution in [0.3, 0.4) is 0 Å². The van der Waals surface area contributed by atoms with E-state index in [9.17, 15) is 0 Å². The first-order valence-corrected chi connectivity index (χ1v) is 15.5. The van der Waals surface area contributed by atoms with Crippen LogP contribution < -0.4 is 4.74 Å². The number of pyridine rings is 1. The summed E-state index contributed by atoms with van der Waals surface area (Å²) in [5, 5.41) is 7.32. The second kappa shape index (κ2) is 10.8. The Hall–Kier alpha value is -5.16. The number of rotatable bonds is 5. The third kappa shape index (κ3) is 5.18. The number of fused-ring (bicyclic) bond motifs is 3. The van der Waals surface area contributed by atoms with Gasteiger partial charge in [0.15, 0.2) is 0 Å². The van der Waals surface area contributed by atoms with Gasteiger partial charge in [0, 0.05) is 40.4 Å². The van der Waals surface area contributed by atoms with Gasteiger partial charge in [0.2, 0.25) is 0 Å². The molecule has 5 heteroatoms. The summed E-state index contributed by atoms with van der Waals surface area (Å²) in [5.41, 5.74) is 11.2. The molecule has 0 N–H and O–H groups in total. The van der Waals surface area contributed by atoms with Crippen molar-refractivity contribution >= 4 is 21.8 Å². The van der Waals surface area contributed by atoms with Crippen molar-refractivity contribution in [2.45, 2.75) is 53.9 Å². The van der Waals surface area contributed by atoms with E-state index in [2.05, 4.69) is 138 Å². The van der Waals surface area contributed by atoms with Crippen LogP contribution in [0.15, 0.2) is 103 Å². The van der Waals surface area contributed by atoms with Crippen LogP contribution in [0.1, 0.15) is 48.8 Å². The lowest BCUT2D eigenvalue weighted by molar-refractivity contribution is 0.482. The zero-order valence-corrected chi connectivity index (χ0v) is 27.0. The van der Waals surface area contributed by atoms with Gasteiger partial charge in [0.25, 0.3) is 0 Å². The summed E-state index contributed by atoms with van der Waals surface area (Å²) in [6.45, 7) is 15.2. The highest BCUT2D eigenvalue weighted by molar-refractivity contribution is 6.09. The molecule has 0 fully saturated rings. The van der Waals surface area contributed by atoms with E-state index in [1.165, 1.54) is 27.5 Å². The Bertz CT molecular complexity index is 2210. The minimum Gasteiger partial charge on any atom is -0.457 e. The Morgan fingerprint density at radius 1 is 0.667 bits per heavy atom. The van der Waals surface area contributed by atoms with E-state index >= 15 is 0 Å². The average molecular weight is 591 g/mol. The topological polar surface area (TPSA) is 44.9 Å². The fourth-order valence-electron chi connectivity index (χ4n) is 6.38. The quantitative estimate of drug-likeness (QED) is 0.200. The molecule has 224 valence electrons. The van der Waals surface area contributed by atoms with Crippen LogP contribution in [0, 0.1) is 27.7 Å². The number of hydrogen-bond donors (Lipinski definition) is 0. The minimum atomic E-state index is 0.0451. The largest absolute Gasteiger partial charge is 0.457 e. The van der Waals surface area contributed by atoms with Crippen molar-refractivity contribution in [1.82, 2.24) is 19.3 Å². The molecule has 7 rings (SSSR count). The maximum absolute atomic E-state index is 6.60. The highest BCUT2D eigenvalue weighted by Crippen LogP contribution is 2.38. The summed E-state index contributed by atoms with van der Waals surface area (Å²) in [7, 11) is 0. The summed E-state index contributed by atoms with van der Waals surface area (Å²) in [6, 6.07) is 34.1. The van der Waals surface area contributed by atoms with Gasteiger partial charge in [-0.2, -0.15) is 5.10 Å². The van der Waals surface area contributed by atoms with Crippen LogP contribution in [0.5, 0.6) is 11.5 Å². The molecule has 3 heterocycles. The zero-order chi connectivity index (χ0) is 31.5. The Balaban J connectivity index is 1.33. The molecule has 0 bridgehead atoms. The Kier molecular flexibility index (Phi) is 6.85. The van der Waals surface area contributed by atoms with Gasteiger partial charge in [0.1, 0.15) is 17.3 Å². The lowest BCUT2D eigenvalue weighted by Crippen LogP contribution is -2.10. The van der Waals surface area contributed by atoms with Gasteiger partial charge in [-0.25, -0.2) is 9.67 Å². The smallest absolute Gasteiger partial charge is 0.137 e. The molecule has 0 saturated heterocycles. The predicted octanol–water partition coefficient (Wildman–Crippen LogP) is 10.4. The van der Waals surface area contributed by atoms with Crippen LogP contribution in [-0.4, -0.2) is 19.3 Å². The van der Waals surface area contributed by atoms with Crippen molar-refractivity contribution in [2.75, 3.05) is 0 Å². The van der Waals surface area contributed by atoms with E-state index in [1.807, 2.05) is 23.0 Å². The molecule has 0 spiro atoms. The minimum absolute atomic E-state index is 0.0451. The third-order valence-corrected chi connectivity index (χ3v) is 8.60. The van der Waals surface area contributed by atoms with Gasteiger partial charge in [-0.3, -0.25) is 4.57 Å². The fraction of sp³-hybridized carbons (Fsp3) is 0.200. The molecule has 0 aliphatic heterocycles. The number of nitrogens with zero attached hydrogens (tertiary/aromatic N) is 4. The number of benzene rings is 4. The lowest BCUT2D eigenvalue weighted by atomic mass is 9.86. The molecule has 0 aliphatic carbocycles. The van der Waals surface area contributed by atoms with Crippen LogP contribution in [0.2, 0.25) is 0 Å². The standard InChI is InChI=1S/C40H38N4O/c1-25-17-18-41-38(21-25)43-36-16-13-30(40(5,6)7)22-35(36)34-15-14-32(24-37(34)43)45-33-20-26(2)19-31(23-33)44-28(4)39(27(3)42-44)29-11-9-8-10-12-29/h8-24H,1-7H3. The number of aryl methyl sites for hydroxylation is 3. The summed E-state index contributed by atoms with van der Waals surface area (Å²) in [6.07, 6.45) is 1.88. The molecular formula is C40H38N4O. The zero-order valence-electron chi connectivity index (χ0n) is 27.0. The second-order valence-corrected chi connectivity index (χ2v) is 13.1. The van der Waals surface area contributed by atoms with Crippen molar-refractivity contribution in [3.63, 3.8) is 0 Å². The fourth-order valence-corrected chi connectivity index (χ4v) is 6.38. The first kappa shape index (κ1) is 28.6. The first-order chi connectivity index (χ1) is 21.6. The molecule has 0 saturated carbocycles. The molecule has 0 amide bonds. The summed E-state index contributed by atoms with van der Waals surface area (Å²) in [5.74, 6) is 2.43. The van der Waals surface area contributed by atoms with Gasteiger partial charge >= 0.3 is 0 Å². The predicted molar refractivity (Wildman–Crippen MR) is 185 cm³/mol. The highest BCUT2D eigenvalue weighted by Gasteiger charge is 2.20. The lowest BCUT2D eigenvalue weighted by Gasteiger charge is -2.19. The van der Waals surface area contributed by atoms with Crippen LogP contribution >= 0.6 is 0 Å². The molecule has 7 aromatic rings. The van der Waals surface area contributed by atoms with Crippen LogP contribution in [0.25, 0.3) is 44.4 Å². The summed E-state index contributed by atoms with van der Waals surface area (Å²) in [4.78, 5) is 4.78. The average Bonchev–Trinajstić information content (AvgIpc) is 3.49. The van der Waals surface area contributed by atoms with Gasteiger partial charge in [-0.05, 0) is 104 Å². The molecule has 3 aromatic heterocycles. The van der Waals surface area contributed by atoms with Crippen LogP contribution in [-0.2, 0) is 5.41 Å². The van der Waals surface area contributed by atoms with Crippen molar-refractivity contribution in [3.05, 3.63) is 131 Å². The van der Waals surface area contributed by atoms with E-state index in [0.717, 1.165) is 56.6 Å². The Morgan fingerprint density at radius 3 is 2.22 bits per heavy atom. The number of ether oxygens (including phenoxy) is 1. The van der Waals surface area contributed by atoms with Crippen molar-refractivity contribution in [1.29, 1.82) is 0 Å². The molecule has 0 aliphatic rings.